The van der Waals surface area contributed by atoms with Crippen LogP contribution in [0.15, 0.2) is 12.1 Å². The summed E-state index contributed by atoms with van der Waals surface area (Å²) in [6.45, 7) is 6.64. The molecular formula is C16H22N2OS. The number of hydrogen-bond donors (Lipinski definition) is 1. The van der Waals surface area contributed by atoms with Crippen molar-refractivity contribution in [3.8, 4) is 11.8 Å². The van der Waals surface area contributed by atoms with Gasteiger partial charge in [0.05, 0.1) is 16.3 Å². The van der Waals surface area contributed by atoms with Crippen LogP contribution < -0.4 is 5.73 Å². The van der Waals surface area contributed by atoms with Crippen molar-refractivity contribution >= 4 is 17.2 Å². The number of piperidine rings is 1. The van der Waals surface area contributed by atoms with E-state index in [1.54, 1.807) is 0 Å². The number of thiophene rings is 1. The van der Waals surface area contributed by atoms with Crippen molar-refractivity contribution in [3.63, 3.8) is 0 Å². The first-order valence-corrected chi connectivity index (χ1v) is 8.01. The summed E-state index contributed by atoms with van der Waals surface area (Å²) >= 11 is 1.46. The molecule has 1 saturated heterocycles. The van der Waals surface area contributed by atoms with Gasteiger partial charge in [0, 0.05) is 13.1 Å². The molecule has 2 rings (SSSR count). The summed E-state index contributed by atoms with van der Waals surface area (Å²) in [4.78, 5) is 16.1. The molecule has 0 bridgehead atoms. The first-order valence-electron chi connectivity index (χ1n) is 7.20. The molecule has 1 aromatic heterocycles. The number of carbonyl (C=O) groups excluding carboxylic acids is 1. The Hall–Kier alpha value is -1.31. The van der Waals surface area contributed by atoms with Gasteiger partial charge in [0.25, 0.3) is 5.91 Å². The van der Waals surface area contributed by atoms with E-state index >= 15 is 0 Å². The number of likely N-dealkylation sites (tertiary alicyclic amines) is 1. The lowest BCUT2D eigenvalue weighted by Crippen LogP contribution is -2.39. The molecule has 0 aliphatic carbocycles. The molecular weight excluding hydrogens is 268 g/mol. The number of nitrogens with two attached hydrogens (primary N) is 1. The maximum absolute atomic E-state index is 12.4. The Bertz CT molecular complexity index is 516. The number of nitrogens with zero attached hydrogens (tertiary/aromatic N) is 1. The van der Waals surface area contributed by atoms with Crippen molar-refractivity contribution in [2.24, 2.45) is 17.6 Å². The van der Waals surface area contributed by atoms with Gasteiger partial charge >= 0.3 is 0 Å². The maximum Gasteiger partial charge on any atom is 0.263 e. The number of rotatable bonds is 2. The van der Waals surface area contributed by atoms with Crippen molar-refractivity contribution in [1.82, 2.24) is 4.90 Å². The SMILES string of the molecule is CC(C)C1CCN(C(=O)c2ccc(C#CCN)s2)CC1. The van der Waals surface area contributed by atoms with Crippen LogP contribution in [-0.4, -0.2) is 30.4 Å². The second-order valence-corrected chi connectivity index (χ2v) is 6.63. The van der Waals surface area contributed by atoms with Gasteiger partial charge in [-0.2, -0.15) is 0 Å². The van der Waals surface area contributed by atoms with Crippen LogP contribution in [0, 0.1) is 23.7 Å². The van der Waals surface area contributed by atoms with Crippen LogP contribution in [-0.2, 0) is 0 Å². The molecule has 0 unspecified atom stereocenters. The largest absolute Gasteiger partial charge is 0.338 e. The van der Waals surface area contributed by atoms with E-state index in [9.17, 15) is 4.79 Å². The zero-order chi connectivity index (χ0) is 14.5. The van der Waals surface area contributed by atoms with Crippen LogP contribution in [0.5, 0.6) is 0 Å². The van der Waals surface area contributed by atoms with E-state index in [1.807, 2.05) is 17.0 Å². The molecule has 1 amide bonds. The second-order valence-electron chi connectivity index (χ2n) is 5.54. The van der Waals surface area contributed by atoms with Gasteiger partial charge in [-0.1, -0.05) is 25.7 Å². The summed E-state index contributed by atoms with van der Waals surface area (Å²) < 4.78 is 0. The van der Waals surface area contributed by atoms with E-state index in [-0.39, 0.29) is 5.91 Å². The Morgan fingerprint density at radius 1 is 1.45 bits per heavy atom. The Balaban J connectivity index is 1.97. The fourth-order valence-electron chi connectivity index (χ4n) is 2.58. The highest BCUT2D eigenvalue weighted by Crippen LogP contribution is 2.26. The van der Waals surface area contributed by atoms with E-state index in [2.05, 4.69) is 25.7 Å². The average molecular weight is 290 g/mol. The summed E-state index contributed by atoms with van der Waals surface area (Å²) in [6, 6.07) is 3.78. The molecule has 108 valence electrons. The predicted molar refractivity (Wildman–Crippen MR) is 83.7 cm³/mol. The van der Waals surface area contributed by atoms with Gasteiger partial charge in [-0.15, -0.1) is 11.3 Å². The van der Waals surface area contributed by atoms with Gasteiger partial charge in [-0.05, 0) is 36.8 Å². The molecule has 0 atom stereocenters. The standard InChI is InChI=1S/C16H22N2OS/c1-12(2)13-7-10-18(11-8-13)16(19)15-6-5-14(20-15)4-3-9-17/h5-6,12-13H,7-11,17H2,1-2H3. The lowest BCUT2D eigenvalue weighted by molar-refractivity contribution is 0.0672. The predicted octanol–water partition coefficient (Wildman–Crippen LogP) is 2.57. The lowest BCUT2D eigenvalue weighted by atomic mass is 9.87. The molecule has 1 fully saturated rings. The monoisotopic (exact) mass is 290 g/mol. The zero-order valence-electron chi connectivity index (χ0n) is 12.2. The van der Waals surface area contributed by atoms with Gasteiger partial charge in [-0.3, -0.25) is 4.79 Å². The van der Waals surface area contributed by atoms with Crippen LogP contribution in [0.1, 0.15) is 41.2 Å². The molecule has 4 heteroatoms. The summed E-state index contributed by atoms with van der Waals surface area (Å²) in [5.41, 5.74) is 5.35. The van der Waals surface area contributed by atoms with Gasteiger partial charge in [0.1, 0.15) is 0 Å². The van der Waals surface area contributed by atoms with E-state index < -0.39 is 0 Å². The van der Waals surface area contributed by atoms with Crippen LogP contribution in [0.25, 0.3) is 0 Å². The van der Waals surface area contributed by atoms with Gasteiger partial charge in [0.2, 0.25) is 0 Å². The Morgan fingerprint density at radius 2 is 2.15 bits per heavy atom. The van der Waals surface area contributed by atoms with Crippen LogP contribution in [0.3, 0.4) is 0 Å². The Labute approximate surface area is 125 Å². The molecule has 1 aliphatic rings. The number of carbonyl (C=O) groups is 1. The summed E-state index contributed by atoms with van der Waals surface area (Å²) in [5.74, 6) is 7.42. The van der Waals surface area contributed by atoms with Crippen molar-refractivity contribution in [3.05, 3.63) is 21.9 Å². The molecule has 0 saturated carbocycles. The fourth-order valence-corrected chi connectivity index (χ4v) is 3.43. The van der Waals surface area contributed by atoms with Crippen LogP contribution in [0.4, 0.5) is 0 Å². The topological polar surface area (TPSA) is 46.3 Å². The highest BCUT2D eigenvalue weighted by atomic mass is 32.1. The van der Waals surface area contributed by atoms with Gasteiger partial charge in [-0.25, -0.2) is 0 Å². The van der Waals surface area contributed by atoms with Crippen LogP contribution in [0.2, 0.25) is 0 Å². The summed E-state index contributed by atoms with van der Waals surface area (Å²) in [6.07, 6.45) is 2.24. The molecule has 2 heterocycles. The molecule has 1 aromatic rings. The van der Waals surface area contributed by atoms with Crippen molar-refractivity contribution < 1.29 is 4.79 Å². The fraction of sp³-hybridized carbons (Fsp3) is 0.562. The Kier molecular flexibility index (Phi) is 5.22. The van der Waals surface area contributed by atoms with E-state index in [1.165, 1.54) is 11.3 Å². The van der Waals surface area contributed by atoms with Crippen molar-refractivity contribution in [2.45, 2.75) is 26.7 Å². The zero-order valence-corrected chi connectivity index (χ0v) is 13.0. The molecule has 0 radical (unpaired) electrons. The van der Waals surface area contributed by atoms with Gasteiger partial charge < -0.3 is 10.6 Å². The molecule has 3 nitrogen and oxygen atoms in total. The van der Waals surface area contributed by atoms with E-state index in [4.69, 9.17) is 5.73 Å². The molecule has 1 aliphatic heterocycles. The highest BCUT2D eigenvalue weighted by Gasteiger charge is 2.25. The minimum Gasteiger partial charge on any atom is -0.338 e. The van der Waals surface area contributed by atoms with E-state index in [0.717, 1.165) is 41.6 Å². The average Bonchev–Trinajstić information content (AvgIpc) is 2.93. The third-order valence-electron chi connectivity index (χ3n) is 3.90. The minimum atomic E-state index is 0.151. The van der Waals surface area contributed by atoms with Gasteiger partial charge in [0.15, 0.2) is 0 Å². The molecule has 2 N–H and O–H groups in total. The quantitative estimate of drug-likeness (QED) is 0.851. The summed E-state index contributed by atoms with van der Waals surface area (Å²) in [7, 11) is 0. The highest BCUT2D eigenvalue weighted by molar-refractivity contribution is 7.14. The van der Waals surface area contributed by atoms with Crippen molar-refractivity contribution in [1.29, 1.82) is 0 Å². The third kappa shape index (κ3) is 3.62. The first-order chi connectivity index (χ1) is 9.61. The lowest BCUT2D eigenvalue weighted by Gasteiger charge is -2.33. The summed E-state index contributed by atoms with van der Waals surface area (Å²) in [5, 5.41) is 0. The minimum absolute atomic E-state index is 0.151. The maximum atomic E-state index is 12.4. The second kappa shape index (κ2) is 6.92. The van der Waals surface area contributed by atoms with Crippen molar-refractivity contribution in [2.75, 3.05) is 19.6 Å². The molecule has 0 aromatic carbocycles. The van der Waals surface area contributed by atoms with Crippen LogP contribution >= 0.6 is 11.3 Å². The molecule has 20 heavy (non-hydrogen) atoms. The Morgan fingerprint density at radius 3 is 2.75 bits per heavy atom. The normalized spacial score (nSPS) is 16.1. The van der Waals surface area contributed by atoms with E-state index in [0.29, 0.717) is 12.5 Å². The number of amides is 1. The molecule has 0 spiro atoms. The third-order valence-corrected chi connectivity index (χ3v) is 4.89. The number of hydrogen-bond acceptors (Lipinski definition) is 3. The smallest absolute Gasteiger partial charge is 0.263 e. The first kappa shape index (κ1) is 15.1.